The molecule has 1 aliphatic rings. The predicted octanol–water partition coefficient (Wildman–Crippen LogP) is 3.82. The number of hydrogen-bond donors (Lipinski definition) is 0. The van der Waals surface area contributed by atoms with Crippen molar-refractivity contribution < 1.29 is 14.3 Å². The molecule has 1 fully saturated rings. The van der Waals surface area contributed by atoms with Crippen LogP contribution in [0.3, 0.4) is 0 Å². The Morgan fingerprint density at radius 3 is 2.40 bits per heavy atom. The summed E-state index contributed by atoms with van der Waals surface area (Å²) >= 11 is 0. The van der Waals surface area contributed by atoms with E-state index in [0.717, 1.165) is 0 Å². The average molecular weight is 283 g/mol. The summed E-state index contributed by atoms with van der Waals surface area (Å²) in [6, 6.07) is -0.0302. The van der Waals surface area contributed by atoms with Crippen LogP contribution >= 0.6 is 0 Å². The van der Waals surface area contributed by atoms with E-state index in [1.54, 1.807) is 4.90 Å². The van der Waals surface area contributed by atoms with Gasteiger partial charge in [0.05, 0.1) is 12.6 Å². The zero-order valence-electron chi connectivity index (χ0n) is 13.9. The summed E-state index contributed by atoms with van der Waals surface area (Å²) in [6.45, 7) is 18.1. The molecule has 0 saturated carbocycles. The third-order valence-electron chi connectivity index (χ3n) is 3.60. The van der Waals surface area contributed by atoms with Crippen LogP contribution in [-0.4, -0.2) is 35.0 Å². The van der Waals surface area contributed by atoms with Crippen molar-refractivity contribution in [2.24, 2.45) is 11.8 Å². The van der Waals surface area contributed by atoms with Crippen LogP contribution in [0, 0.1) is 11.8 Å². The van der Waals surface area contributed by atoms with Gasteiger partial charge in [0.15, 0.2) is 0 Å². The highest BCUT2D eigenvalue weighted by atomic mass is 16.6. The number of amides is 1. The molecule has 4 heteroatoms. The second-order valence-electron chi connectivity index (χ2n) is 7.23. The van der Waals surface area contributed by atoms with Gasteiger partial charge in [-0.15, -0.1) is 6.58 Å². The van der Waals surface area contributed by atoms with Gasteiger partial charge in [-0.1, -0.05) is 19.9 Å². The summed E-state index contributed by atoms with van der Waals surface area (Å²) in [5.41, 5.74) is -1.16. The number of ether oxygens (including phenoxy) is 2. The second kappa shape index (κ2) is 5.76. The Morgan fingerprint density at radius 2 is 2.00 bits per heavy atom. The quantitative estimate of drug-likeness (QED) is 0.739. The first-order valence-corrected chi connectivity index (χ1v) is 7.28. The summed E-state index contributed by atoms with van der Waals surface area (Å²) in [5.74, 6) is 0.573. The van der Waals surface area contributed by atoms with Gasteiger partial charge in [0.1, 0.15) is 11.3 Å². The molecule has 0 radical (unpaired) electrons. The minimum atomic E-state index is -0.650. The molecule has 1 rings (SSSR count). The second-order valence-corrected chi connectivity index (χ2v) is 7.23. The third kappa shape index (κ3) is 3.75. The zero-order valence-corrected chi connectivity index (χ0v) is 13.9. The smallest absolute Gasteiger partial charge is 0.412 e. The molecule has 116 valence electrons. The van der Waals surface area contributed by atoms with Gasteiger partial charge < -0.3 is 9.47 Å². The molecule has 1 heterocycles. The van der Waals surface area contributed by atoms with Crippen LogP contribution in [-0.2, 0) is 9.47 Å². The highest BCUT2D eigenvalue weighted by Crippen LogP contribution is 2.35. The summed E-state index contributed by atoms with van der Waals surface area (Å²) in [6.07, 6.45) is 1.59. The molecule has 0 aromatic heterocycles. The molecule has 1 saturated heterocycles. The van der Waals surface area contributed by atoms with Gasteiger partial charge in [0.25, 0.3) is 0 Å². The Balaban J connectivity index is 3.02. The number of carbonyl (C=O) groups is 1. The lowest BCUT2D eigenvalue weighted by atomic mass is 9.88. The van der Waals surface area contributed by atoms with Crippen molar-refractivity contribution in [3.05, 3.63) is 12.7 Å². The Labute approximate surface area is 123 Å². The van der Waals surface area contributed by atoms with Crippen molar-refractivity contribution >= 4 is 6.09 Å². The monoisotopic (exact) mass is 283 g/mol. The maximum atomic E-state index is 12.5. The summed E-state index contributed by atoms with van der Waals surface area (Å²) in [7, 11) is 0. The van der Waals surface area contributed by atoms with E-state index in [2.05, 4.69) is 20.4 Å². The van der Waals surface area contributed by atoms with Crippen LogP contribution in [0.1, 0.15) is 48.5 Å². The Hall–Kier alpha value is -1.03. The number of hydrogen-bond acceptors (Lipinski definition) is 3. The lowest BCUT2D eigenvalue weighted by molar-refractivity contribution is -0.0643. The molecule has 0 aromatic carbocycles. The van der Waals surface area contributed by atoms with Crippen molar-refractivity contribution in [2.75, 3.05) is 6.61 Å². The van der Waals surface area contributed by atoms with Crippen molar-refractivity contribution in [2.45, 2.75) is 65.8 Å². The molecule has 0 bridgehead atoms. The van der Waals surface area contributed by atoms with Gasteiger partial charge >= 0.3 is 6.09 Å². The van der Waals surface area contributed by atoms with Crippen LogP contribution in [0.15, 0.2) is 12.7 Å². The SMILES string of the molecule is C=C[C@@H](C(C)C)[C@H]1COC(C)(C)N1C(=O)OC(C)(C)C. The molecule has 0 N–H and O–H groups in total. The van der Waals surface area contributed by atoms with Crippen molar-refractivity contribution in [3.63, 3.8) is 0 Å². The molecule has 0 aliphatic carbocycles. The molecule has 2 atom stereocenters. The van der Waals surface area contributed by atoms with Gasteiger partial charge in [-0.05, 0) is 40.5 Å². The first-order chi connectivity index (χ1) is 8.99. The standard InChI is InChI=1S/C16H29NO3/c1-9-12(11(2)3)13-10-19-16(7,8)17(13)14(18)20-15(4,5)6/h9,11-13H,1,10H2,2-8H3/t12-,13+/m0/s1. The van der Waals surface area contributed by atoms with Gasteiger partial charge in [-0.3, -0.25) is 4.90 Å². The first kappa shape index (κ1) is 17.0. The molecule has 20 heavy (non-hydrogen) atoms. The highest BCUT2D eigenvalue weighted by molar-refractivity contribution is 5.69. The number of nitrogens with zero attached hydrogens (tertiary/aromatic N) is 1. The Bertz CT molecular complexity index is 368. The maximum absolute atomic E-state index is 12.5. The minimum Gasteiger partial charge on any atom is -0.444 e. The fraction of sp³-hybridized carbons (Fsp3) is 0.812. The largest absolute Gasteiger partial charge is 0.444 e. The lowest BCUT2D eigenvalue weighted by Gasteiger charge is -2.38. The van der Waals surface area contributed by atoms with E-state index in [-0.39, 0.29) is 18.1 Å². The van der Waals surface area contributed by atoms with Crippen LogP contribution in [0.4, 0.5) is 4.79 Å². The van der Waals surface area contributed by atoms with Crippen LogP contribution in [0.5, 0.6) is 0 Å². The molecule has 1 amide bonds. The van der Waals surface area contributed by atoms with Crippen molar-refractivity contribution in [1.29, 1.82) is 0 Å². The van der Waals surface area contributed by atoms with E-state index in [0.29, 0.717) is 12.5 Å². The molecule has 4 nitrogen and oxygen atoms in total. The van der Waals surface area contributed by atoms with E-state index < -0.39 is 11.3 Å². The maximum Gasteiger partial charge on any atom is 0.412 e. The van der Waals surface area contributed by atoms with E-state index in [9.17, 15) is 4.79 Å². The molecule has 0 spiro atoms. The van der Waals surface area contributed by atoms with E-state index in [1.165, 1.54) is 0 Å². The molecule has 1 aliphatic heterocycles. The number of carbonyl (C=O) groups excluding carboxylic acids is 1. The van der Waals surface area contributed by atoms with E-state index >= 15 is 0 Å². The number of rotatable bonds is 3. The summed E-state index contributed by atoms with van der Waals surface area (Å²) < 4.78 is 11.3. The van der Waals surface area contributed by atoms with Gasteiger partial charge in [-0.2, -0.15) is 0 Å². The Morgan fingerprint density at radius 1 is 1.45 bits per heavy atom. The van der Waals surface area contributed by atoms with Crippen molar-refractivity contribution in [3.8, 4) is 0 Å². The summed E-state index contributed by atoms with van der Waals surface area (Å²) in [4.78, 5) is 14.2. The van der Waals surface area contributed by atoms with Crippen molar-refractivity contribution in [1.82, 2.24) is 4.90 Å². The molecule has 0 unspecified atom stereocenters. The van der Waals surface area contributed by atoms with E-state index in [1.807, 2.05) is 40.7 Å². The molecule has 0 aromatic rings. The fourth-order valence-electron chi connectivity index (χ4n) is 2.66. The first-order valence-electron chi connectivity index (χ1n) is 7.28. The molecular weight excluding hydrogens is 254 g/mol. The topological polar surface area (TPSA) is 38.8 Å². The van der Waals surface area contributed by atoms with E-state index in [4.69, 9.17) is 9.47 Å². The van der Waals surface area contributed by atoms with Gasteiger partial charge in [0, 0.05) is 5.92 Å². The normalized spacial score (nSPS) is 23.8. The zero-order chi connectivity index (χ0) is 15.7. The van der Waals surface area contributed by atoms with Crippen LogP contribution in [0.25, 0.3) is 0 Å². The minimum absolute atomic E-state index is 0.0302. The predicted molar refractivity (Wildman–Crippen MR) is 80.4 cm³/mol. The van der Waals surface area contributed by atoms with Gasteiger partial charge in [0.2, 0.25) is 0 Å². The Kier molecular flexibility index (Phi) is 4.90. The van der Waals surface area contributed by atoms with Crippen LogP contribution < -0.4 is 0 Å². The third-order valence-corrected chi connectivity index (χ3v) is 3.60. The fourth-order valence-corrected chi connectivity index (χ4v) is 2.66. The summed E-state index contributed by atoms with van der Waals surface area (Å²) in [5, 5.41) is 0. The molecular formula is C16H29NO3. The van der Waals surface area contributed by atoms with Crippen LogP contribution in [0.2, 0.25) is 0 Å². The lowest BCUT2D eigenvalue weighted by Crippen LogP contribution is -2.52. The van der Waals surface area contributed by atoms with Gasteiger partial charge in [-0.25, -0.2) is 4.79 Å². The average Bonchev–Trinajstić information content (AvgIpc) is 2.52. The highest BCUT2D eigenvalue weighted by Gasteiger charge is 2.48.